The average Bonchev–Trinajstić information content (AvgIpc) is 2.79. The quantitative estimate of drug-likeness (QED) is 0.514. The van der Waals surface area contributed by atoms with Gasteiger partial charge in [0.1, 0.15) is 16.4 Å². The molecule has 0 atom stereocenters. The number of benzene rings is 2. The van der Waals surface area contributed by atoms with E-state index in [1.54, 1.807) is 13.0 Å². The first-order chi connectivity index (χ1) is 14.6. The third-order valence-electron chi connectivity index (χ3n) is 5.08. The van der Waals surface area contributed by atoms with E-state index in [4.69, 9.17) is 27.8 Å². The van der Waals surface area contributed by atoms with Crippen LogP contribution in [0.1, 0.15) is 40.9 Å². The monoisotopic (exact) mass is 464 g/mol. The molecule has 0 fully saturated rings. The third-order valence-corrected chi connectivity index (χ3v) is 7.03. The minimum Gasteiger partial charge on any atom is -0.454 e. The lowest BCUT2D eigenvalue weighted by atomic mass is 10.1. The number of aryl methyl sites for hydroxylation is 1. The van der Waals surface area contributed by atoms with Gasteiger partial charge in [-0.25, -0.2) is 8.42 Å². The summed E-state index contributed by atoms with van der Waals surface area (Å²) < 4.78 is 32.5. The number of nitrogens with two attached hydrogens (primary N) is 2. The van der Waals surface area contributed by atoms with Crippen LogP contribution in [0.4, 0.5) is 0 Å². The molecule has 3 rings (SSSR count). The maximum absolute atomic E-state index is 13.2. The molecule has 0 saturated heterocycles. The Morgan fingerprint density at radius 2 is 1.84 bits per heavy atom. The molecule has 1 aliphatic rings. The molecule has 4 N–H and O–H groups in total. The molecule has 166 valence electrons. The van der Waals surface area contributed by atoms with E-state index in [9.17, 15) is 13.2 Å². The Bertz CT molecular complexity index is 1170. The Labute approximate surface area is 186 Å². The largest absolute Gasteiger partial charge is 0.454 e. The lowest BCUT2D eigenvalue weighted by Gasteiger charge is -2.19. The van der Waals surface area contributed by atoms with Gasteiger partial charge in [0, 0.05) is 17.7 Å². The Morgan fingerprint density at radius 1 is 1.16 bits per heavy atom. The van der Waals surface area contributed by atoms with Crippen molar-refractivity contribution >= 4 is 33.3 Å². The summed E-state index contributed by atoms with van der Waals surface area (Å²) in [5.41, 5.74) is 12.4. The fourth-order valence-corrected chi connectivity index (χ4v) is 5.40. The summed E-state index contributed by atoms with van der Waals surface area (Å²) in [6.07, 6.45) is 0. The van der Waals surface area contributed by atoms with Crippen molar-refractivity contribution in [1.29, 1.82) is 0 Å². The summed E-state index contributed by atoms with van der Waals surface area (Å²) in [5, 5.41) is 0.336. The summed E-state index contributed by atoms with van der Waals surface area (Å²) in [5.74, 6) is -1.00. The number of amides is 1. The first kappa shape index (κ1) is 23.1. The summed E-state index contributed by atoms with van der Waals surface area (Å²) in [6, 6.07) is 6.33. The minimum atomic E-state index is -3.83. The molecule has 0 unspecified atom stereocenters. The topological polar surface area (TPSA) is 128 Å². The highest BCUT2D eigenvalue weighted by Crippen LogP contribution is 2.44. The number of rotatable bonds is 5. The molecule has 2 aromatic carbocycles. The molecule has 0 aromatic heterocycles. The van der Waals surface area contributed by atoms with Gasteiger partial charge in [0.05, 0.1) is 10.8 Å². The Balaban J connectivity index is 2.11. The van der Waals surface area contributed by atoms with Crippen LogP contribution in [0, 0.1) is 6.92 Å². The number of carbonyl (C=O) groups excluding carboxylic acids is 1. The van der Waals surface area contributed by atoms with Crippen LogP contribution in [0.25, 0.3) is 0 Å². The lowest BCUT2D eigenvalue weighted by molar-refractivity contribution is 0.100. The van der Waals surface area contributed by atoms with Gasteiger partial charge in [0.25, 0.3) is 5.91 Å². The summed E-state index contributed by atoms with van der Waals surface area (Å²) in [7, 11) is -3.83. The fraction of sp³-hybridized carbons (Fsp3) is 0.333. The van der Waals surface area contributed by atoms with Crippen molar-refractivity contribution < 1.29 is 17.9 Å². The zero-order valence-corrected chi connectivity index (χ0v) is 19.2. The van der Waals surface area contributed by atoms with Crippen molar-refractivity contribution in [3.8, 4) is 11.5 Å². The van der Waals surface area contributed by atoms with Crippen LogP contribution < -0.4 is 16.2 Å². The zero-order valence-electron chi connectivity index (χ0n) is 17.6. The van der Waals surface area contributed by atoms with Gasteiger partial charge in [-0.3, -0.25) is 9.69 Å². The van der Waals surface area contributed by atoms with Gasteiger partial charge < -0.3 is 16.2 Å². The molecule has 0 radical (unpaired) electrons. The molecular formula is C21H25ClN4O4S. The highest BCUT2D eigenvalue weighted by molar-refractivity contribution is 7.90. The van der Waals surface area contributed by atoms with Gasteiger partial charge >= 0.3 is 0 Å². The fourth-order valence-electron chi connectivity index (χ4n) is 3.52. The summed E-state index contributed by atoms with van der Waals surface area (Å²) >= 11 is 6.50. The molecule has 8 nitrogen and oxygen atoms in total. The van der Waals surface area contributed by atoms with E-state index in [0.29, 0.717) is 28.4 Å². The van der Waals surface area contributed by atoms with Crippen molar-refractivity contribution in [2.75, 3.05) is 13.1 Å². The van der Waals surface area contributed by atoms with Crippen LogP contribution >= 0.6 is 11.6 Å². The number of aliphatic imine (C=N–C) groups is 1. The SMILES string of the molecule is CCN(CC)Cc1cc(Cl)c2c(c1)CS(=O)(=O)c1cc(C(=O)N=C(N)N)cc(C)c1O2. The first-order valence-corrected chi connectivity index (χ1v) is 11.8. The van der Waals surface area contributed by atoms with Crippen LogP contribution in [0.3, 0.4) is 0 Å². The van der Waals surface area contributed by atoms with E-state index in [1.807, 2.05) is 6.07 Å². The first-order valence-electron chi connectivity index (χ1n) is 9.78. The van der Waals surface area contributed by atoms with Gasteiger partial charge in [-0.15, -0.1) is 0 Å². The summed E-state index contributed by atoms with van der Waals surface area (Å²) in [6.45, 7) is 8.12. The second kappa shape index (κ2) is 8.86. The van der Waals surface area contributed by atoms with Crippen LogP contribution in [-0.2, 0) is 22.1 Å². The highest BCUT2D eigenvalue weighted by atomic mass is 35.5. The van der Waals surface area contributed by atoms with Crippen molar-refractivity contribution in [3.63, 3.8) is 0 Å². The van der Waals surface area contributed by atoms with Crippen LogP contribution in [0.5, 0.6) is 11.5 Å². The van der Waals surface area contributed by atoms with E-state index < -0.39 is 21.7 Å². The number of halogens is 1. The van der Waals surface area contributed by atoms with E-state index in [1.165, 1.54) is 12.1 Å². The second-order valence-corrected chi connectivity index (χ2v) is 9.72. The molecule has 0 bridgehead atoms. The Kier molecular flexibility index (Phi) is 6.59. The van der Waals surface area contributed by atoms with Crippen LogP contribution in [-0.4, -0.2) is 38.3 Å². The molecular weight excluding hydrogens is 440 g/mol. The van der Waals surface area contributed by atoms with Crippen molar-refractivity contribution in [3.05, 3.63) is 51.5 Å². The van der Waals surface area contributed by atoms with E-state index in [2.05, 4.69) is 23.7 Å². The Morgan fingerprint density at radius 3 is 2.45 bits per heavy atom. The van der Waals surface area contributed by atoms with Crippen LogP contribution in [0.2, 0.25) is 5.02 Å². The number of hydrogen-bond donors (Lipinski definition) is 2. The molecule has 1 aliphatic heterocycles. The molecule has 0 aliphatic carbocycles. The van der Waals surface area contributed by atoms with Gasteiger partial charge in [-0.1, -0.05) is 25.4 Å². The van der Waals surface area contributed by atoms with Crippen molar-refractivity contribution in [2.24, 2.45) is 16.5 Å². The predicted octanol–water partition coefficient (Wildman–Crippen LogP) is 2.98. The van der Waals surface area contributed by atoms with Crippen LogP contribution in [0.15, 0.2) is 34.2 Å². The Hall–Kier alpha value is -2.62. The number of sulfone groups is 1. The molecule has 31 heavy (non-hydrogen) atoms. The molecule has 0 saturated carbocycles. The minimum absolute atomic E-state index is 0.0519. The molecule has 0 spiro atoms. The van der Waals surface area contributed by atoms with Crippen molar-refractivity contribution in [2.45, 2.75) is 38.0 Å². The number of hydrogen-bond acceptors (Lipinski definition) is 5. The maximum Gasteiger partial charge on any atom is 0.280 e. The molecule has 1 heterocycles. The lowest BCUT2D eigenvalue weighted by Crippen LogP contribution is -2.24. The van der Waals surface area contributed by atoms with Crippen molar-refractivity contribution in [1.82, 2.24) is 4.90 Å². The number of carbonyl (C=O) groups is 1. The molecule has 2 aromatic rings. The average molecular weight is 465 g/mol. The van der Waals surface area contributed by atoms with E-state index in [0.717, 1.165) is 18.7 Å². The number of fused-ring (bicyclic) bond motifs is 2. The highest BCUT2D eigenvalue weighted by Gasteiger charge is 2.31. The third kappa shape index (κ3) is 4.84. The van der Waals surface area contributed by atoms with Gasteiger partial charge in [-0.2, -0.15) is 4.99 Å². The normalized spacial score (nSPS) is 14.2. The van der Waals surface area contributed by atoms with E-state index in [-0.39, 0.29) is 22.0 Å². The summed E-state index contributed by atoms with van der Waals surface area (Å²) in [4.78, 5) is 17.8. The predicted molar refractivity (Wildman–Crippen MR) is 120 cm³/mol. The maximum atomic E-state index is 13.2. The zero-order chi connectivity index (χ0) is 22.9. The van der Waals surface area contributed by atoms with Gasteiger partial charge in [-0.05, 0) is 55.4 Å². The standard InChI is InChI=1S/C21H25ClN4O4S/c1-4-26(5-2)10-13-7-15-11-31(28,29)17-9-14(20(27)25-21(23)24)6-12(3)18(17)30-19(15)16(22)8-13/h6-9H,4-5,10-11H2,1-3H3,(H4,23,24,25,27). The molecule has 1 amide bonds. The smallest absolute Gasteiger partial charge is 0.280 e. The number of ether oxygens (including phenoxy) is 1. The second-order valence-electron chi connectivity index (χ2n) is 7.35. The van der Waals surface area contributed by atoms with Gasteiger partial charge in [0.2, 0.25) is 0 Å². The number of nitrogens with zero attached hydrogens (tertiary/aromatic N) is 2. The molecule has 10 heteroatoms. The number of guanidine groups is 1. The van der Waals surface area contributed by atoms with E-state index >= 15 is 0 Å². The van der Waals surface area contributed by atoms with Gasteiger partial charge in [0.15, 0.2) is 15.8 Å².